The molecule has 0 bridgehead atoms. The molecule has 1 aliphatic rings. The van der Waals surface area contributed by atoms with Gasteiger partial charge in [-0.25, -0.2) is 0 Å². The maximum absolute atomic E-state index is 3.56. The van der Waals surface area contributed by atoms with Crippen molar-refractivity contribution >= 4 is 0 Å². The highest BCUT2D eigenvalue weighted by atomic mass is 15.1. The molecule has 1 aliphatic heterocycles. The van der Waals surface area contributed by atoms with Gasteiger partial charge in [-0.3, -0.25) is 0 Å². The van der Waals surface area contributed by atoms with Crippen molar-refractivity contribution in [2.24, 2.45) is 11.8 Å². The van der Waals surface area contributed by atoms with Gasteiger partial charge in [0.2, 0.25) is 0 Å². The van der Waals surface area contributed by atoms with E-state index in [1.807, 2.05) is 0 Å². The normalized spacial score (nSPS) is 20.0. The summed E-state index contributed by atoms with van der Waals surface area (Å²) in [4.78, 5) is 2.59. The minimum absolute atomic E-state index is 0.802. The summed E-state index contributed by atoms with van der Waals surface area (Å²) in [5.41, 5.74) is 0. The van der Waals surface area contributed by atoms with Crippen molar-refractivity contribution in [3.05, 3.63) is 0 Å². The van der Waals surface area contributed by atoms with Crippen LogP contribution in [0, 0.1) is 11.8 Å². The number of nitrogens with zero attached hydrogens (tertiary/aromatic N) is 1. The zero-order chi connectivity index (χ0) is 11.1. The second-order valence-electron chi connectivity index (χ2n) is 5.33. The standard InChI is InChI=1S/C13H28N2/c1-12(2)13(3)11-14-7-6-10-15-8-4-5-9-15/h12-14H,4-11H2,1-3H3. The summed E-state index contributed by atoms with van der Waals surface area (Å²) in [5, 5.41) is 3.56. The summed E-state index contributed by atoms with van der Waals surface area (Å²) in [6.45, 7) is 13.3. The Kier molecular flexibility index (Phi) is 6.26. The molecule has 0 radical (unpaired) electrons. The van der Waals surface area contributed by atoms with Gasteiger partial charge in [0.05, 0.1) is 0 Å². The van der Waals surface area contributed by atoms with Crippen LogP contribution in [0.2, 0.25) is 0 Å². The maximum atomic E-state index is 3.56. The van der Waals surface area contributed by atoms with E-state index >= 15 is 0 Å². The van der Waals surface area contributed by atoms with Gasteiger partial charge in [-0.15, -0.1) is 0 Å². The van der Waals surface area contributed by atoms with Crippen molar-refractivity contribution in [3.63, 3.8) is 0 Å². The molecule has 0 aromatic heterocycles. The first-order valence-corrected chi connectivity index (χ1v) is 6.63. The highest BCUT2D eigenvalue weighted by Gasteiger charge is 2.10. The molecule has 1 saturated heterocycles. The first-order chi connectivity index (χ1) is 7.20. The molecule has 1 heterocycles. The summed E-state index contributed by atoms with van der Waals surface area (Å²) in [6.07, 6.45) is 4.14. The highest BCUT2D eigenvalue weighted by molar-refractivity contribution is 4.67. The van der Waals surface area contributed by atoms with Crippen LogP contribution in [0.25, 0.3) is 0 Å². The van der Waals surface area contributed by atoms with Crippen LogP contribution in [0.3, 0.4) is 0 Å². The lowest BCUT2D eigenvalue weighted by Gasteiger charge is -2.17. The number of likely N-dealkylation sites (tertiary alicyclic amines) is 1. The molecule has 0 spiro atoms. The second kappa shape index (κ2) is 7.24. The first kappa shape index (κ1) is 13.0. The first-order valence-electron chi connectivity index (χ1n) is 6.63. The largest absolute Gasteiger partial charge is 0.316 e. The van der Waals surface area contributed by atoms with Crippen molar-refractivity contribution in [1.82, 2.24) is 10.2 Å². The third-order valence-electron chi connectivity index (χ3n) is 3.63. The van der Waals surface area contributed by atoms with Crippen molar-refractivity contribution in [2.75, 3.05) is 32.7 Å². The quantitative estimate of drug-likeness (QED) is 0.652. The maximum Gasteiger partial charge on any atom is -0.000664 e. The van der Waals surface area contributed by atoms with Gasteiger partial charge in [0.15, 0.2) is 0 Å². The fourth-order valence-corrected chi connectivity index (χ4v) is 2.00. The van der Waals surface area contributed by atoms with Crippen molar-refractivity contribution in [1.29, 1.82) is 0 Å². The van der Waals surface area contributed by atoms with Gasteiger partial charge in [0, 0.05) is 0 Å². The lowest BCUT2D eigenvalue weighted by Crippen LogP contribution is -2.28. The van der Waals surface area contributed by atoms with E-state index in [-0.39, 0.29) is 0 Å². The van der Waals surface area contributed by atoms with Crippen LogP contribution < -0.4 is 5.32 Å². The summed E-state index contributed by atoms with van der Waals surface area (Å²) in [5.74, 6) is 1.60. The molecule has 1 fully saturated rings. The molecule has 15 heavy (non-hydrogen) atoms. The molecule has 0 amide bonds. The average molecular weight is 212 g/mol. The van der Waals surface area contributed by atoms with Crippen LogP contribution in [0.1, 0.15) is 40.0 Å². The number of hydrogen-bond donors (Lipinski definition) is 1. The zero-order valence-corrected chi connectivity index (χ0v) is 10.8. The molecule has 1 unspecified atom stereocenters. The summed E-state index contributed by atoms with van der Waals surface area (Å²) >= 11 is 0. The third-order valence-corrected chi connectivity index (χ3v) is 3.63. The van der Waals surface area contributed by atoms with Crippen LogP contribution in [-0.4, -0.2) is 37.6 Å². The van der Waals surface area contributed by atoms with Gasteiger partial charge in [0.25, 0.3) is 0 Å². The molecule has 0 saturated carbocycles. The minimum Gasteiger partial charge on any atom is -0.316 e. The van der Waals surface area contributed by atoms with Crippen LogP contribution in [0.15, 0.2) is 0 Å². The van der Waals surface area contributed by atoms with E-state index < -0.39 is 0 Å². The Labute approximate surface area is 95.4 Å². The predicted molar refractivity (Wildman–Crippen MR) is 67.2 cm³/mol. The smallest absolute Gasteiger partial charge is 0.000664 e. The third kappa shape index (κ3) is 5.53. The Morgan fingerprint density at radius 1 is 1.13 bits per heavy atom. The van der Waals surface area contributed by atoms with E-state index in [1.54, 1.807) is 0 Å². The second-order valence-corrected chi connectivity index (χ2v) is 5.33. The van der Waals surface area contributed by atoms with Gasteiger partial charge >= 0.3 is 0 Å². The molecule has 0 aromatic carbocycles. The molecular weight excluding hydrogens is 184 g/mol. The van der Waals surface area contributed by atoms with E-state index in [1.165, 1.54) is 52.0 Å². The molecule has 2 heteroatoms. The summed E-state index contributed by atoms with van der Waals surface area (Å²) < 4.78 is 0. The fourth-order valence-electron chi connectivity index (χ4n) is 2.00. The molecule has 1 atom stereocenters. The summed E-state index contributed by atoms with van der Waals surface area (Å²) in [7, 11) is 0. The van der Waals surface area contributed by atoms with Crippen LogP contribution in [0.5, 0.6) is 0 Å². The topological polar surface area (TPSA) is 15.3 Å². The van der Waals surface area contributed by atoms with Crippen molar-refractivity contribution < 1.29 is 0 Å². The molecule has 0 aromatic rings. The van der Waals surface area contributed by atoms with Gasteiger partial charge < -0.3 is 10.2 Å². The lowest BCUT2D eigenvalue weighted by molar-refractivity contribution is 0.325. The SMILES string of the molecule is CC(C)C(C)CNCCCN1CCCC1. The Bertz CT molecular complexity index is 147. The Hall–Kier alpha value is -0.0800. The minimum atomic E-state index is 0.802. The van der Waals surface area contributed by atoms with Crippen LogP contribution in [-0.2, 0) is 0 Å². The monoisotopic (exact) mass is 212 g/mol. The molecular formula is C13H28N2. The van der Waals surface area contributed by atoms with Crippen molar-refractivity contribution in [2.45, 2.75) is 40.0 Å². The highest BCUT2D eigenvalue weighted by Crippen LogP contribution is 2.08. The van der Waals surface area contributed by atoms with Crippen LogP contribution >= 0.6 is 0 Å². The van der Waals surface area contributed by atoms with E-state index in [4.69, 9.17) is 0 Å². The Balaban J connectivity index is 1.88. The molecule has 0 aliphatic carbocycles. The molecule has 1 rings (SSSR count). The van der Waals surface area contributed by atoms with Gasteiger partial charge in [0.1, 0.15) is 0 Å². The van der Waals surface area contributed by atoms with Gasteiger partial charge in [-0.05, 0) is 63.8 Å². The zero-order valence-electron chi connectivity index (χ0n) is 10.8. The molecule has 90 valence electrons. The van der Waals surface area contributed by atoms with E-state index in [9.17, 15) is 0 Å². The number of rotatable bonds is 7. The van der Waals surface area contributed by atoms with Gasteiger partial charge in [-0.2, -0.15) is 0 Å². The van der Waals surface area contributed by atoms with Crippen molar-refractivity contribution in [3.8, 4) is 0 Å². The fraction of sp³-hybridized carbons (Fsp3) is 1.00. The Morgan fingerprint density at radius 3 is 2.40 bits per heavy atom. The average Bonchev–Trinajstić information content (AvgIpc) is 2.69. The number of hydrogen-bond acceptors (Lipinski definition) is 2. The van der Waals surface area contributed by atoms with Crippen LogP contribution in [0.4, 0.5) is 0 Å². The summed E-state index contributed by atoms with van der Waals surface area (Å²) in [6, 6.07) is 0. The molecule has 2 nitrogen and oxygen atoms in total. The lowest BCUT2D eigenvalue weighted by atomic mass is 9.98. The Morgan fingerprint density at radius 2 is 1.80 bits per heavy atom. The predicted octanol–water partition coefficient (Wildman–Crippen LogP) is 2.35. The number of nitrogens with one attached hydrogen (secondary N) is 1. The van der Waals surface area contributed by atoms with E-state index in [0.29, 0.717) is 0 Å². The molecule has 1 N–H and O–H groups in total. The van der Waals surface area contributed by atoms with E-state index in [2.05, 4.69) is 31.0 Å². The van der Waals surface area contributed by atoms with E-state index in [0.717, 1.165) is 11.8 Å². The van der Waals surface area contributed by atoms with Gasteiger partial charge in [-0.1, -0.05) is 20.8 Å².